The first-order valence-electron chi connectivity index (χ1n) is 11.1. The maximum absolute atomic E-state index is 11.9. The molecule has 0 atom stereocenters. The predicted molar refractivity (Wildman–Crippen MR) is 119 cm³/mol. The van der Waals surface area contributed by atoms with E-state index in [0.29, 0.717) is 11.7 Å². The lowest BCUT2D eigenvalue weighted by atomic mass is 9.67. The summed E-state index contributed by atoms with van der Waals surface area (Å²) in [7, 11) is 0. The van der Waals surface area contributed by atoms with Crippen LogP contribution in [0.2, 0.25) is 0 Å². The Labute approximate surface area is 186 Å². The minimum absolute atomic E-state index is 0.0542. The molecular weight excluding hydrogens is 396 g/mol. The maximum Gasteiger partial charge on any atom is 0.514 e. The zero-order valence-corrected chi connectivity index (χ0v) is 20.2. The van der Waals surface area contributed by atoms with E-state index in [2.05, 4.69) is 13.8 Å². The second kappa shape index (κ2) is 9.49. The Balaban J connectivity index is 1.91. The molecule has 31 heavy (non-hydrogen) atoms. The van der Waals surface area contributed by atoms with Crippen LogP contribution in [0.3, 0.4) is 0 Å². The number of carbonyl (C=O) groups is 2. The van der Waals surface area contributed by atoms with E-state index in [1.54, 1.807) is 32.9 Å². The van der Waals surface area contributed by atoms with Gasteiger partial charge in [0.15, 0.2) is 0 Å². The van der Waals surface area contributed by atoms with Gasteiger partial charge in [0, 0.05) is 0 Å². The van der Waals surface area contributed by atoms with Gasteiger partial charge in [-0.1, -0.05) is 26.0 Å². The Bertz CT molecular complexity index is 744. The fourth-order valence-corrected chi connectivity index (χ4v) is 3.87. The molecule has 1 fully saturated rings. The third kappa shape index (κ3) is 8.08. The van der Waals surface area contributed by atoms with Gasteiger partial charge in [0.25, 0.3) is 0 Å². The van der Waals surface area contributed by atoms with Gasteiger partial charge in [0.05, 0.1) is 0 Å². The van der Waals surface area contributed by atoms with Crippen LogP contribution in [0, 0.1) is 5.92 Å². The summed E-state index contributed by atoms with van der Waals surface area (Å²) in [6.07, 6.45) is 2.21. The van der Waals surface area contributed by atoms with Crippen LogP contribution in [0.1, 0.15) is 86.6 Å². The van der Waals surface area contributed by atoms with E-state index in [1.807, 2.05) is 32.9 Å². The zero-order valence-electron chi connectivity index (χ0n) is 20.2. The highest BCUT2D eigenvalue weighted by Gasteiger charge is 2.36. The van der Waals surface area contributed by atoms with Crippen LogP contribution >= 0.6 is 0 Å². The van der Waals surface area contributed by atoms with Crippen LogP contribution in [0.15, 0.2) is 24.3 Å². The number of hydrogen-bond acceptors (Lipinski definition) is 6. The largest absolute Gasteiger partial charge is 0.514 e. The molecule has 1 aliphatic rings. The molecule has 0 bridgehead atoms. The quantitative estimate of drug-likeness (QED) is 0.384. The zero-order chi connectivity index (χ0) is 23.4. The third-order valence-corrected chi connectivity index (χ3v) is 5.54. The molecule has 0 heterocycles. The minimum Gasteiger partial charge on any atom is -0.431 e. The first-order chi connectivity index (χ1) is 14.2. The highest BCUT2D eigenvalue weighted by Crippen LogP contribution is 2.41. The highest BCUT2D eigenvalue weighted by atomic mass is 16.7. The normalized spacial score (nSPS) is 20.0. The van der Waals surface area contributed by atoms with Crippen LogP contribution < -0.4 is 4.74 Å². The number of rotatable bonds is 4. The van der Waals surface area contributed by atoms with Crippen molar-refractivity contribution in [3.63, 3.8) is 0 Å². The number of carbonyl (C=O) groups excluding carboxylic acids is 2. The summed E-state index contributed by atoms with van der Waals surface area (Å²) >= 11 is 0. The Hall–Kier alpha value is -2.24. The average Bonchev–Trinajstić information content (AvgIpc) is 2.59. The minimum atomic E-state index is -0.706. The van der Waals surface area contributed by atoms with Gasteiger partial charge in [-0.2, -0.15) is 0 Å². The summed E-state index contributed by atoms with van der Waals surface area (Å²) in [4.78, 5) is 23.8. The van der Waals surface area contributed by atoms with Gasteiger partial charge >= 0.3 is 12.3 Å². The van der Waals surface area contributed by atoms with Crippen molar-refractivity contribution in [1.29, 1.82) is 0 Å². The van der Waals surface area contributed by atoms with Crippen molar-refractivity contribution in [2.75, 3.05) is 0 Å². The molecule has 1 saturated carbocycles. The summed E-state index contributed by atoms with van der Waals surface area (Å²) in [5.74, 6) is 0.923. The van der Waals surface area contributed by atoms with Crippen LogP contribution in [-0.2, 0) is 19.6 Å². The average molecular weight is 435 g/mol. The van der Waals surface area contributed by atoms with E-state index in [4.69, 9.17) is 18.9 Å². The summed E-state index contributed by atoms with van der Waals surface area (Å²) in [6, 6.07) is 7.61. The van der Waals surface area contributed by atoms with E-state index in [0.717, 1.165) is 25.7 Å². The van der Waals surface area contributed by atoms with E-state index >= 15 is 0 Å². The lowest BCUT2D eigenvalue weighted by Crippen LogP contribution is -2.35. The van der Waals surface area contributed by atoms with E-state index in [-0.39, 0.29) is 11.5 Å². The Morgan fingerprint density at radius 3 is 1.71 bits per heavy atom. The highest BCUT2D eigenvalue weighted by molar-refractivity contribution is 5.64. The van der Waals surface area contributed by atoms with Crippen molar-refractivity contribution in [3.05, 3.63) is 29.8 Å². The van der Waals surface area contributed by atoms with Crippen molar-refractivity contribution < 1.29 is 28.5 Å². The first-order valence-corrected chi connectivity index (χ1v) is 11.1. The van der Waals surface area contributed by atoms with Gasteiger partial charge in [-0.05, 0) is 96.3 Å². The predicted octanol–water partition coefficient (Wildman–Crippen LogP) is 6.79. The van der Waals surface area contributed by atoms with E-state index < -0.39 is 23.5 Å². The molecule has 1 aromatic carbocycles. The molecule has 0 spiro atoms. The fraction of sp³-hybridized carbons (Fsp3) is 0.680. The van der Waals surface area contributed by atoms with Crippen LogP contribution in [-0.4, -0.2) is 29.6 Å². The Morgan fingerprint density at radius 2 is 1.23 bits per heavy atom. The molecule has 0 unspecified atom stereocenters. The SMILES string of the molecule is CC(C)(C)OC(=O)Oc1ccc(C(C)(C)C2CCC(OC(=O)OC(C)(C)C)CC2)cc1. The van der Waals surface area contributed by atoms with Crippen molar-refractivity contribution >= 4 is 12.3 Å². The van der Waals surface area contributed by atoms with Gasteiger partial charge in [-0.25, -0.2) is 9.59 Å². The molecule has 0 radical (unpaired) electrons. The molecule has 0 amide bonds. The van der Waals surface area contributed by atoms with Gasteiger partial charge < -0.3 is 18.9 Å². The Morgan fingerprint density at radius 1 is 0.742 bits per heavy atom. The molecule has 6 nitrogen and oxygen atoms in total. The van der Waals surface area contributed by atoms with Crippen molar-refractivity contribution in [2.45, 2.75) is 104 Å². The van der Waals surface area contributed by atoms with E-state index in [1.165, 1.54) is 5.56 Å². The molecule has 6 heteroatoms. The Kier molecular flexibility index (Phi) is 7.66. The molecule has 1 aliphatic carbocycles. The molecule has 0 aliphatic heterocycles. The summed E-state index contributed by atoms with van der Waals surface area (Å²) in [5, 5.41) is 0. The van der Waals surface area contributed by atoms with Crippen molar-refractivity contribution in [1.82, 2.24) is 0 Å². The van der Waals surface area contributed by atoms with Crippen LogP contribution in [0.25, 0.3) is 0 Å². The molecule has 0 saturated heterocycles. The van der Waals surface area contributed by atoms with Gasteiger partial charge in [-0.3, -0.25) is 0 Å². The molecule has 0 aromatic heterocycles. The number of benzene rings is 1. The van der Waals surface area contributed by atoms with E-state index in [9.17, 15) is 9.59 Å². The molecule has 0 N–H and O–H groups in total. The van der Waals surface area contributed by atoms with Crippen molar-refractivity contribution in [2.24, 2.45) is 5.92 Å². The van der Waals surface area contributed by atoms with Gasteiger partial charge in [-0.15, -0.1) is 0 Å². The second-order valence-corrected chi connectivity index (χ2v) is 10.9. The maximum atomic E-state index is 11.9. The lowest BCUT2D eigenvalue weighted by Gasteiger charge is -2.39. The third-order valence-electron chi connectivity index (χ3n) is 5.54. The van der Waals surface area contributed by atoms with Crippen LogP contribution in [0.5, 0.6) is 5.75 Å². The fourth-order valence-electron chi connectivity index (χ4n) is 3.87. The standard InChI is InChI=1S/C25H38O6/c1-23(2,3)30-21(26)28-19-13-9-17(10-14-19)25(7,8)18-11-15-20(16-12-18)29-22(27)31-24(4,5)6/h9-10,13-14,18,20H,11-12,15-16H2,1-8H3. The van der Waals surface area contributed by atoms with Gasteiger partial charge in [0.1, 0.15) is 23.1 Å². The van der Waals surface area contributed by atoms with Crippen molar-refractivity contribution in [3.8, 4) is 5.75 Å². The second-order valence-electron chi connectivity index (χ2n) is 10.9. The summed E-state index contributed by atoms with van der Waals surface area (Å²) in [6.45, 7) is 15.4. The smallest absolute Gasteiger partial charge is 0.431 e. The summed E-state index contributed by atoms with van der Waals surface area (Å²) < 4.78 is 21.2. The molecule has 174 valence electrons. The molecule has 1 aromatic rings. The molecule has 2 rings (SSSR count). The first kappa shape index (κ1) is 25.0. The number of hydrogen-bond donors (Lipinski definition) is 0. The summed E-state index contributed by atoms with van der Waals surface area (Å²) in [5.41, 5.74) is -0.0114. The number of ether oxygens (including phenoxy) is 4. The van der Waals surface area contributed by atoms with Crippen LogP contribution in [0.4, 0.5) is 9.59 Å². The van der Waals surface area contributed by atoms with Gasteiger partial charge in [0.2, 0.25) is 0 Å². The lowest BCUT2D eigenvalue weighted by molar-refractivity contribution is -0.0386. The molecular formula is C25H38O6. The topological polar surface area (TPSA) is 71.1 Å². The monoisotopic (exact) mass is 434 g/mol.